The molecule has 2 heterocycles. The number of thiazole rings is 1. The Hall–Kier alpha value is -2.30. The molecular weight excluding hydrogens is 414 g/mol. The number of rotatable bonds is 9. The lowest BCUT2D eigenvalue weighted by atomic mass is 9.97. The van der Waals surface area contributed by atoms with Crippen LogP contribution in [0.5, 0.6) is 11.5 Å². The number of carboxylic acids is 1. The molecule has 10 heteroatoms. The second-order valence-corrected chi connectivity index (χ2v) is 8.65. The first-order chi connectivity index (χ1) is 14.0. The van der Waals surface area contributed by atoms with Crippen LogP contribution < -0.4 is 15.2 Å². The van der Waals surface area contributed by atoms with Crippen LogP contribution in [-0.2, 0) is 4.79 Å². The van der Waals surface area contributed by atoms with Gasteiger partial charge in [0, 0.05) is 29.7 Å². The monoisotopic (exact) mass is 437 g/mol. The quantitative estimate of drug-likeness (QED) is 0.576. The van der Waals surface area contributed by atoms with Crippen LogP contribution in [0.1, 0.15) is 34.9 Å². The molecule has 0 bridgehead atoms. The van der Waals surface area contributed by atoms with Crippen LogP contribution in [0, 0.1) is 0 Å². The van der Waals surface area contributed by atoms with E-state index in [1.807, 2.05) is 23.1 Å². The zero-order valence-corrected chi connectivity index (χ0v) is 17.8. The van der Waals surface area contributed by atoms with E-state index < -0.39 is 12.0 Å². The summed E-state index contributed by atoms with van der Waals surface area (Å²) in [6, 6.07) is 5.01. The van der Waals surface area contributed by atoms with Crippen molar-refractivity contribution in [3.05, 3.63) is 34.8 Å². The minimum atomic E-state index is -1.04. The number of methoxy groups -OCH3 is 2. The smallest absolute Gasteiger partial charge is 0.355 e. The molecule has 2 atom stereocenters. The highest BCUT2D eigenvalue weighted by atomic mass is 32.2. The van der Waals surface area contributed by atoms with Crippen molar-refractivity contribution in [1.29, 1.82) is 0 Å². The van der Waals surface area contributed by atoms with Gasteiger partial charge in [0.2, 0.25) is 5.91 Å². The number of likely N-dealkylation sites (tertiary alicyclic amines) is 1. The van der Waals surface area contributed by atoms with Crippen LogP contribution in [0.3, 0.4) is 0 Å². The van der Waals surface area contributed by atoms with Crippen molar-refractivity contribution in [2.45, 2.75) is 29.3 Å². The lowest BCUT2D eigenvalue weighted by molar-refractivity contribution is -0.128. The van der Waals surface area contributed by atoms with Gasteiger partial charge >= 0.3 is 5.97 Å². The van der Waals surface area contributed by atoms with Gasteiger partial charge in [0.25, 0.3) is 0 Å². The molecule has 1 fully saturated rings. The van der Waals surface area contributed by atoms with E-state index >= 15 is 0 Å². The molecule has 0 spiro atoms. The first-order valence-corrected chi connectivity index (χ1v) is 10.9. The van der Waals surface area contributed by atoms with E-state index in [-0.39, 0.29) is 17.6 Å². The molecule has 3 rings (SSSR count). The largest absolute Gasteiger partial charge is 0.493 e. The number of aromatic carboxylic acids is 1. The van der Waals surface area contributed by atoms with Gasteiger partial charge in [-0.1, -0.05) is 23.9 Å². The number of carboxylic acid groups (broad SMARTS) is 1. The second kappa shape index (κ2) is 9.47. The van der Waals surface area contributed by atoms with Crippen LogP contribution in [0.2, 0.25) is 0 Å². The Morgan fingerprint density at radius 2 is 2.24 bits per heavy atom. The molecule has 29 heavy (non-hydrogen) atoms. The van der Waals surface area contributed by atoms with Crippen LogP contribution in [0.15, 0.2) is 27.9 Å². The highest BCUT2D eigenvalue weighted by molar-refractivity contribution is 8.01. The molecule has 1 aliphatic rings. The first kappa shape index (κ1) is 21.4. The molecule has 156 valence electrons. The van der Waals surface area contributed by atoms with Gasteiger partial charge in [-0.05, 0) is 12.5 Å². The Morgan fingerprint density at radius 3 is 2.90 bits per heavy atom. The molecule has 1 aliphatic heterocycles. The minimum absolute atomic E-state index is 0.0415. The molecule has 3 N–H and O–H groups in total. The summed E-state index contributed by atoms with van der Waals surface area (Å²) in [5.74, 6) is 0.820. The molecule has 1 aromatic carbocycles. The SMILES string of the molecule is COc1cccc(C(N)[C@H]2CCC(=O)N2CCSc2nc(C(=O)O)cs2)c1OC. The average Bonchev–Trinajstić information content (AvgIpc) is 3.34. The number of aromatic nitrogens is 1. The Morgan fingerprint density at radius 1 is 1.45 bits per heavy atom. The topological polar surface area (TPSA) is 115 Å². The third kappa shape index (κ3) is 4.65. The Balaban J connectivity index is 1.69. The summed E-state index contributed by atoms with van der Waals surface area (Å²) < 4.78 is 11.5. The molecule has 0 radical (unpaired) electrons. The lowest BCUT2D eigenvalue weighted by Gasteiger charge is -2.30. The highest BCUT2D eigenvalue weighted by Crippen LogP contribution is 2.38. The normalized spacial score (nSPS) is 17.4. The number of para-hydroxylation sites is 1. The lowest BCUT2D eigenvalue weighted by Crippen LogP contribution is -2.41. The van der Waals surface area contributed by atoms with Gasteiger partial charge < -0.3 is 25.2 Å². The molecule has 2 aromatic rings. The summed E-state index contributed by atoms with van der Waals surface area (Å²) >= 11 is 2.72. The number of hydrogen-bond acceptors (Lipinski definition) is 8. The molecule has 1 saturated heterocycles. The summed E-state index contributed by atoms with van der Waals surface area (Å²) in [6.07, 6.45) is 1.13. The zero-order chi connectivity index (χ0) is 21.0. The predicted molar refractivity (Wildman–Crippen MR) is 111 cm³/mol. The van der Waals surface area contributed by atoms with E-state index in [2.05, 4.69) is 4.98 Å². The number of nitrogens with two attached hydrogens (primary N) is 1. The van der Waals surface area contributed by atoms with Crippen molar-refractivity contribution in [3.8, 4) is 11.5 Å². The van der Waals surface area contributed by atoms with Gasteiger partial charge in [0.15, 0.2) is 21.5 Å². The maximum atomic E-state index is 12.4. The molecule has 0 aliphatic carbocycles. The first-order valence-electron chi connectivity index (χ1n) is 9.03. The Labute approximate surface area is 177 Å². The number of carbonyl (C=O) groups excluding carboxylic acids is 1. The van der Waals surface area contributed by atoms with Gasteiger partial charge in [-0.3, -0.25) is 4.79 Å². The highest BCUT2D eigenvalue weighted by Gasteiger charge is 2.36. The van der Waals surface area contributed by atoms with Crippen molar-refractivity contribution in [3.63, 3.8) is 0 Å². The van der Waals surface area contributed by atoms with Crippen LogP contribution in [0.4, 0.5) is 0 Å². The van der Waals surface area contributed by atoms with E-state index in [0.717, 1.165) is 5.56 Å². The number of ether oxygens (including phenoxy) is 2. The van der Waals surface area contributed by atoms with Crippen molar-refractivity contribution in [2.75, 3.05) is 26.5 Å². The average molecular weight is 438 g/mol. The number of hydrogen-bond donors (Lipinski definition) is 2. The van der Waals surface area contributed by atoms with Crippen molar-refractivity contribution < 1.29 is 24.2 Å². The van der Waals surface area contributed by atoms with Gasteiger partial charge in [0.1, 0.15) is 0 Å². The molecule has 1 aromatic heterocycles. The molecule has 1 amide bonds. The summed E-state index contributed by atoms with van der Waals surface area (Å²) in [4.78, 5) is 29.3. The van der Waals surface area contributed by atoms with Crippen LogP contribution in [0.25, 0.3) is 0 Å². The zero-order valence-electron chi connectivity index (χ0n) is 16.2. The van der Waals surface area contributed by atoms with Crippen molar-refractivity contribution in [1.82, 2.24) is 9.88 Å². The summed E-state index contributed by atoms with van der Waals surface area (Å²) in [7, 11) is 3.14. The maximum absolute atomic E-state index is 12.4. The third-order valence-electron chi connectivity index (χ3n) is 4.84. The minimum Gasteiger partial charge on any atom is -0.493 e. The number of amides is 1. The molecule has 8 nitrogen and oxygen atoms in total. The van der Waals surface area contributed by atoms with Gasteiger partial charge in [0.05, 0.1) is 26.3 Å². The van der Waals surface area contributed by atoms with Crippen LogP contribution >= 0.6 is 23.1 Å². The fourth-order valence-electron chi connectivity index (χ4n) is 3.45. The summed E-state index contributed by atoms with van der Waals surface area (Å²) in [5, 5.41) is 10.5. The molecule has 1 unspecified atom stereocenters. The van der Waals surface area contributed by atoms with E-state index in [4.69, 9.17) is 20.3 Å². The van der Waals surface area contributed by atoms with Crippen molar-refractivity contribution in [2.24, 2.45) is 5.73 Å². The Bertz CT molecular complexity index is 888. The van der Waals surface area contributed by atoms with Gasteiger partial charge in [-0.2, -0.15) is 0 Å². The Kier molecular flexibility index (Phi) is 6.99. The molecular formula is C19H23N3O5S2. The number of nitrogens with zero attached hydrogens (tertiary/aromatic N) is 2. The molecule has 0 saturated carbocycles. The number of benzene rings is 1. The van der Waals surface area contributed by atoms with E-state index in [1.54, 1.807) is 14.2 Å². The van der Waals surface area contributed by atoms with Crippen molar-refractivity contribution >= 4 is 35.0 Å². The van der Waals surface area contributed by atoms with Gasteiger partial charge in [-0.15, -0.1) is 11.3 Å². The predicted octanol–water partition coefficient (Wildman–Crippen LogP) is 2.64. The van der Waals surface area contributed by atoms with E-state index in [1.165, 1.54) is 28.5 Å². The fourth-order valence-corrected chi connectivity index (χ4v) is 5.26. The fraction of sp³-hybridized carbons (Fsp3) is 0.421. The summed E-state index contributed by atoms with van der Waals surface area (Å²) in [5.41, 5.74) is 7.40. The van der Waals surface area contributed by atoms with Crippen LogP contribution in [-0.4, -0.2) is 59.4 Å². The maximum Gasteiger partial charge on any atom is 0.355 e. The number of thioether (sulfide) groups is 1. The van der Waals surface area contributed by atoms with E-state index in [0.29, 0.717) is 41.0 Å². The van der Waals surface area contributed by atoms with Gasteiger partial charge in [-0.25, -0.2) is 9.78 Å². The summed E-state index contributed by atoms with van der Waals surface area (Å²) in [6.45, 7) is 0.510. The number of carbonyl (C=O) groups is 2. The standard InChI is InChI=1S/C19H23N3O5S2/c1-26-14-5-3-4-11(17(14)27-2)16(20)13-6-7-15(23)22(13)8-9-28-19-21-12(10-29-19)18(24)25/h3-5,10,13,16H,6-9,20H2,1-2H3,(H,24,25)/t13-,16?/m1/s1. The third-order valence-corrected chi connectivity index (χ3v) is 6.84. The second-order valence-electron chi connectivity index (χ2n) is 6.45. The van der Waals surface area contributed by atoms with E-state index in [9.17, 15) is 9.59 Å².